The zero-order valence-electron chi connectivity index (χ0n) is 10.4. The van der Waals surface area contributed by atoms with Crippen LogP contribution in [-0.4, -0.2) is 11.0 Å². The lowest BCUT2D eigenvalue weighted by atomic mass is 10.2. The first-order valence-corrected chi connectivity index (χ1v) is 6.92. The third kappa shape index (κ3) is 3.65. The van der Waals surface area contributed by atoms with E-state index in [4.69, 9.17) is 27.3 Å². The molecule has 0 aliphatic heterocycles. The molecule has 0 atom stereocenters. The van der Waals surface area contributed by atoms with Crippen molar-refractivity contribution in [2.24, 2.45) is 10.9 Å². The third-order valence-corrected chi connectivity index (χ3v) is 3.47. The number of hydrogen-bond donors (Lipinski definition) is 2. The molecule has 0 fully saturated rings. The molecule has 0 aromatic heterocycles. The Morgan fingerprint density at radius 3 is 2.75 bits per heavy atom. The summed E-state index contributed by atoms with van der Waals surface area (Å²) < 4.78 is 6.42. The monoisotopic (exact) mass is 354 g/mol. The van der Waals surface area contributed by atoms with E-state index in [9.17, 15) is 0 Å². The normalized spacial score (nSPS) is 11.4. The number of benzene rings is 2. The molecular weight excluding hydrogens is 344 g/mol. The molecule has 104 valence electrons. The first kappa shape index (κ1) is 14.7. The van der Waals surface area contributed by atoms with Gasteiger partial charge in [0.2, 0.25) is 0 Å². The van der Waals surface area contributed by atoms with Gasteiger partial charge in [0.25, 0.3) is 0 Å². The maximum Gasteiger partial charge on any atom is 0.170 e. The molecule has 0 spiro atoms. The second kappa shape index (κ2) is 6.63. The van der Waals surface area contributed by atoms with Gasteiger partial charge >= 0.3 is 0 Å². The first-order chi connectivity index (χ1) is 9.60. The van der Waals surface area contributed by atoms with Crippen molar-refractivity contribution in [3.63, 3.8) is 0 Å². The molecule has 0 unspecified atom stereocenters. The fourth-order valence-electron chi connectivity index (χ4n) is 1.62. The molecule has 0 bridgehead atoms. The van der Waals surface area contributed by atoms with Crippen molar-refractivity contribution in [2.75, 3.05) is 0 Å². The molecule has 6 heteroatoms. The molecule has 20 heavy (non-hydrogen) atoms. The Morgan fingerprint density at radius 1 is 1.30 bits per heavy atom. The van der Waals surface area contributed by atoms with E-state index in [2.05, 4.69) is 21.1 Å². The van der Waals surface area contributed by atoms with E-state index in [0.717, 1.165) is 10.0 Å². The van der Waals surface area contributed by atoms with Gasteiger partial charge in [0.15, 0.2) is 5.84 Å². The van der Waals surface area contributed by atoms with Crippen LogP contribution in [0.25, 0.3) is 0 Å². The maximum atomic E-state index is 8.63. The summed E-state index contributed by atoms with van der Waals surface area (Å²) in [5, 5.41) is 12.3. The number of nitrogens with zero attached hydrogens (tertiary/aromatic N) is 1. The second-order valence-corrected chi connectivity index (χ2v) is 5.34. The summed E-state index contributed by atoms with van der Waals surface area (Å²) in [5.41, 5.74) is 7.10. The lowest BCUT2D eigenvalue weighted by molar-refractivity contribution is 0.304. The molecule has 2 rings (SSSR count). The highest BCUT2D eigenvalue weighted by Gasteiger charge is 2.06. The fourth-order valence-corrected chi connectivity index (χ4v) is 2.33. The lowest BCUT2D eigenvalue weighted by Gasteiger charge is -2.09. The van der Waals surface area contributed by atoms with E-state index in [0.29, 0.717) is 22.9 Å². The Kier molecular flexibility index (Phi) is 4.87. The van der Waals surface area contributed by atoms with Crippen LogP contribution in [0.2, 0.25) is 5.02 Å². The Morgan fingerprint density at radius 2 is 2.10 bits per heavy atom. The number of oxime groups is 1. The zero-order valence-corrected chi connectivity index (χ0v) is 12.7. The molecule has 0 radical (unpaired) electrons. The largest absolute Gasteiger partial charge is 0.488 e. The number of nitrogens with two attached hydrogens (primary N) is 1. The van der Waals surface area contributed by atoms with Gasteiger partial charge in [-0.15, -0.1) is 0 Å². The van der Waals surface area contributed by atoms with Gasteiger partial charge in [0, 0.05) is 10.6 Å². The van der Waals surface area contributed by atoms with Crippen LogP contribution in [0, 0.1) is 0 Å². The maximum absolute atomic E-state index is 8.63. The molecule has 2 aromatic carbocycles. The molecule has 0 aliphatic carbocycles. The van der Waals surface area contributed by atoms with Gasteiger partial charge in [-0.3, -0.25) is 0 Å². The van der Waals surface area contributed by atoms with E-state index in [1.165, 1.54) is 0 Å². The molecule has 3 N–H and O–H groups in total. The summed E-state index contributed by atoms with van der Waals surface area (Å²) in [4.78, 5) is 0. The van der Waals surface area contributed by atoms with E-state index in [1.54, 1.807) is 18.2 Å². The summed E-state index contributed by atoms with van der Waals surface area (Å²) in [6.07, 6.45) is 0. The fraction of sp³-hybridized carbons (Fsp3) is 0.0714. The minimum atomic E-state index is 0.0482. The number of rotatable bonds is 4. The van der Waals surface area contributed by atoms with Crippen LogP contribution >= 0.6 is 27.5 Å². The van der Waals surface area contributed by atoms with Crippen LogP contribution in [0.3, 0.4) is 0 Å². The Hall–Kier alpha value is -1.72. The highest BCUT2D eigenvalue weighted by atomic mass is 79.9. The quantitative estimate of drug-likeness (QED) is 0.379. The van der Waals surface area contributed by atoms with Crippen LogP contribution in [0.5, 0.6) is 5.75 Å². The van der Waals surface area contributed by atoms with E-state index in [1.807, 2.05) is 24.3 Å². The van der Waals surface area contributed by atoms with Crippen molar-refractivity contribution in [3.05, 3.63) is 63.1 Å². The van der Waals surface area contributed by atoms with E-state index in [-0.39, 0.29) is 5.84 Å². The predicted molar refractivity (Wildman–Crippen MR) is 82.4 cm³/mol. The molecule has 0 aliphatic rings. The van der Waals surface area contributed by atoms with Crippen LogP contribution in [0.4, 0.5) is 0 Å². The summed E-state index contributed by atoms with van der Waals surface area (Å²) in [6, 6.07) is 12.7. The molecule has 0 saturated carbocycles. The summed E-state index contributed by atoms with van der Waals surface area (Å²) in [5.74, 6) is 0.714. The van der Waals surface area contributed by atoms with Crippen LogP contribution in [0.1, 0.15) is 11.1 Å². The summed E-state index contributed by atoms with van der Waals surface area (Å²) in [6.45, 7) is 0.405. The Labute approximate surface area is 129 Å². The van der Waals surface area contributed by atoms with Gasteiger partial charge in [-0.05, 0) is 51.8 Å². The van der Waals surface area contributed by atoms with E-state index < -0.39 is 0 Å². The minimum Gasteiger partial charge on any atom is -0.488 e. The highest BCUT2D eigenvalue weighted by Crippen LogP contribution is 2.27. The van der Waals surface area contributed by atoms with Gasteiger partial charge < -0.3 is 15.7 Å². The Bertz CT molecular complexity index is 647. The molecule has 0 amide bonds. The number of ether oxygens (including phenoxy) is 1. The summed E-state index contributed by atoms with van der Waals surface area (Å²) >= 11 is 9.30. The number of amidine groups is 1. The smallest absolute Gasteiger partial charge is 0.170 e. The molecule has 0 saturated heterocycles. The molecule has 0 heterocycles. The van der Waals surface area contributed by atoms with Crippen LogP contribution < -0.4 is 10.5 Å². The van der Waals surface area contributed by atoms with Crippen molar-refractivity contribution in [3.8, 4) is 5.75 Å². The SMILES string of the molecule is N/C(=N/O)c1ccc(OCc2cccc(Cl)c2)c(Br)c1. The molecule has 4 nitrogen and oxygen atoms in total. The van der Waals surface area contributed by atoms with Gasteiger partial charge in [0.05, 0.1) is 4.47 Å². The van der Waals surface area contributed by atoms with Gasteiger partial charge in [-0.2, -0.15) is 0 Å². The summed E-state index contributed by atoms with van der Waals surface area (Å²) in [7, 11) is 0. The molecular formula is C14H12BrClN2O2. The number of hydrogen-bond acceptors (Lipinski definition) is 3. The third-order valence-electron chi connectivity index (χ3n) is 2.62. The van der Waals surface area contributed by atoms with Crippen molar-refractivity contribution in [1.29, 1.82) is 0 Å². The van der Waals surface area contributed by atoms with Crippen LogP contribution in [0.15, 0.2) is 52.1 Å². The zero-order chi connectivity index (χ0) is 14.5. The second-order valence-electron chi connectivity index (χ2n) is 4.05. The topological polar surface area (TPSA) is 67.8 Å². The average Bonchev–Trinajstić information content (AvgIpc) is 2.45. The molecule has 2 aromatic rings. The standard InChI is InChI=1S/C14H12BrClN2O2/c15-12-7-10(14(17)18-19)4-5-13(12)20-8-9-2-1-3-11(16)6-9/h1-7,19H,8H2,(H2,17,18). The lowest BCUT2D eigenvalue weighted by Crippen LogP contribution is -2.12. The predicted octanol–water partition coefficient (Wildman–Crippen LogP) is 3.78. The van der Waals surface area contributed by atoms with Gasteiger partial charge in [-0.1, -0.05) is 28.9 Å². The first-order valence-electron chi connectivity index (χ1n) is 5.75. The highest BCUT2D eigenvalue weighted by molar-refractivity contribution is 9.10. The van der Waals surface area contributed by atoms with Crippen molar-refractivity contribution >= 4 is 33.4 Å². The van der Waals surface area contributed by atoms with Crippen LogP contribution in [-0.2, 0) is 6.61 Å². The van der Waals surface area contributed by atoms with Gasteiger partial charge in [0.1, 0.15) is 12.4 Å². The minimum absolute atomic E-state index is 0.0482. The van der Waals surface area contributed by atoms with Gasteiger partial charge in [-0.25, -0.2) is 0 Å². The van der Waals surface area contributed by atoms with Crippen molar-refractivity contribution in [2.45, 2.75) is 6.61 Å². The number of halogens is 2. The average molecular weight is 356 g/mol. The van der Waals surface area contributed by atoms with E-state index >= 15 is 0 Å². The Balaban J connectivity index is 2.11. The van der Waals surface area contributed by atoms with Crippen molar-refractivity contribution < 1.29 is 9.94 Å². The van der Waals surface area contributed by atoms with Crippen molar-refractivity contribution in [1.82, 2.24) is 0 Å².